The van der Waals surface area contributed by atoms with Gasteiger partial charge < -0.3 is 0 Å². The zero-order chi connectivity index (χ0) is 18.9. The molecule has 0 bridgehead atoms. The Hall–Kier alpha value is -3.15. The first kappa shape index (κ1) is 17.3. The monoisotopic (exact) mass is 366 g/mol. The highest BCUT2D eigenvalue weighted by molar-refractivity contribution is 5.74. The molecule has 3 aromatic carbocycles. The van der Waals surface area contributed by atoms with Crippen LogP contribution < -0.4 is 0 Å². The molecule has 0 aliphatic heterocycles. The SMILES string of the molecule is FC(F)(F)c1ccc(C(Cc2cc[c]cc2)n2nnc3ccccc32)cc1. The number of hydrogen-bond acceptors (Lipinski definition) is 2. The second-order valence-corrected chi connectivity index (χ2v) is 6.27. The minimum absolute atomic E-state index is 0.276. The Kier molecular flexibility index (Phi) is 4.39. The van der Waals surface area contributed by atoms with Crippen LogP contribution in [0.5, 0.6) is 0 Å². The topological polar surface area (TPSA) is 30.7 Å². The molecule has 0 saturated carbocycles. The van der Waals surface area contributed by atoms with Gasteiger partial charge >= 0.3 is 6.18 Å². The third kappa shape index (κ3) is 3.56. The van der Waals surface area contributed by atoms with Crippen LogP contribution in [-0.2, 0) is 12.6 Å². The number of rotatable bonds is 4. The highest BCUT2D eigenvalue weighted by Gasteiger charge is 2.30. The van der Waals surface area contributed by atoms with Gasteiger partial charge in [0, 0.05) is 0 Å². The lowest BCUT2D eigenvalue weighted by molar-refractivity contribution is -0.137. The van der Waals surface area contributed by atoms with E-state index in [1.165, 1.54) is 12.1 Å². The van der Waals surface area contributed by atoms with Gasteiger partial charge in [-0.1, -0.05) is 53.7 Å². The maximum atomic E-state index is 12.9. The second kappa shape index (κ2) is 6.87. The fourth-order valence-corrected chi connectivity index (χ4v) is 3.14. The molecule has 6 heteroatoms. The lowest BCUT2D eigenvalue weighted by Gasteiger charge is -2.19. The summed E-state index contributed by atoms with van der Waals surface area (Å²) in [5.74, 6) is 0. The minimum atomic E-state index is -4.36. The van der Waals surface area contributed by atoms with Crippen LogP contribution in [0.3, 0.4) is 0 Å². The molecule has 1 unspecified atom stereocenters. The van der Waals surface area contributed by atoms with Gasteiger partial charge in [0.15, 0.2) is 0 Å². The number of alkyl halides is 3. The average molecular weight is 366 g/mol. The van der Waals surface area contributed by atoms with E-state index in [2.05, 4.69) is 16.4 Å². The van der Waals surface area contributed by atoms with Crippen molar-refractivity contribution >= 4 is 11.0 Å². The van der Waals surface area contributed by atoms with E-state index in [-0.39, 0.29) is 6.04 Å². The number of benzene rings is 3. The molecule has 4 rings (SSSR count). The summed E-state index contributed by atoms with van der Waals surface area (Å²) < 4.78 is 40.5. The highest BCUT2D eigenvalue weighted by atomic mass is 19.4. The van der Waals surface area contributed by atoms with Gasteiger partial charge in [0.2, 0.25) is 0 Å². The van der Waals surface area contributed by atoms with E-state index >= 15 is 0 Å². The molecule has 1 atom stereocenters. The first-order valence-corrected chi connectivity index (χ1v) is 8.44. The van der Waals surface area contributed by atoms with Crippen LogP contribution in [0.4, 0.5) is 13.2 Å². The molecule has 4 aromatic rings. The van der Waals surface area contributed by atoms with Crippen molar-refractivity contribution in [3.63, 3.8) is 0 Å². The molecule has 0 N–H and O–H groups in total. The fourth-order valence-electron chi connectivity index (χ4n) is 3.14. The second-order valence-electron chi connectivity index (χ2n) is 6.27. The zero-order valence-corrected chi connectivity index (χ0v) is 14.2. The molecule has 27 heavy (non-hydrogen) atoms. The van der Waals surface area contributed by atoms with E-state index in [0.29, 0.717) is 6.42 Å². The van der Waals surface area contributed by atoms with E-state index in [9.17, 15) is 13.2 Å². The summed E-state index contributed by atoms with van der Waals surface area (Å²) in [6.45, 7) is 0. The number of para-hydroxylation sites is 1. The van der Waals surface area contributed by atoms with Crippen molar-refractivity contribution in [3.8, 4) is 0 Å². The first-order valence-electron chi connectivity index (χ1n) is 8.44. The summed E-state index contributed by atoms with van der Waals surface area (Å²) in [6.07, 6.45) is -3.78. The molecule has 0 aliphatic carbocycles. The van der Waals surface area contributed by atoms with Crippen LogP contribution in [0.25, 0.3) is 11.0 Å². The van der Waals surface area contributed by atoms with Gasteiger partial charge in [0.1, 0.15) is 5.52 Å². The summed E-state index contributed by atoms with van der Waals surface area (Å²) in [5.41, 5.74) is 2.70. The van der Waals surface area contributed by atoms with Gasteiger partial charge in [-0.15, -0.1) is 5.10 Å². The quantitative estimate of drug-likeness (QED) is 0.504. The summed E-state index contributed by atoms with van der Waals surface area (Å²) in [4.78, 5) is 0. The molecule has 3 nitrogen and oxygen atoms in total. The maximum Gasteiger partial charge on any atom is 0.416 e. The zero-order valence-electron chi connectivity index (χ0n) is 14.2. The van der Waals surface area contributed by atoms with Crippen LogP contribution in [0.1, 0.15) is 22.7 Å². The van der Waals surface area contributed by atoms with E-state index in [1.54, 1.807) is 4.68 Å². The van der Waals surface area contributed by atoms with Crippen molar-refractivity contribution in [3.05, 3.63) is 95.6 Å². The minimum Gasteiger partial charge on any atom is -0.237 e. The van der Waals surface area contributed by atoms with Gasteiger partial charge in [-0.3, -0.25) is 0 Å². The van der Waals surface area contributed by atoms with Gasteiger partial charge in [-0.2, -0.15) is 13.2 Å². The van der Waals surface area contributed by atoms with Crippen LogP contribution in [-0.4, -0.2) is 15.0 Å². The number of aromatic nitrogens is 3. The maximum absolute atomic E-state index is 12.9. The highest BCUT2D eigenvalue weighted by Crippen LogP contribution is 2.32. The molecule has 135 valence electrons. The van der Waals surface area contributed by atoms with E-state index < -0.39 is 11.7 Å². The molecule has 0 fully saturated rings. The van der Waals surface area contributed by atoms with Crippen LogP contribution >= 0.6 is 0 Å². The Bertz CT molecular complexity index is 1040. The fraction of sp³-hybridized carbons (Fsp3) is 0.143. The van der Waals surface area contributed by atoms with Gasteiger partial charge in [0.05, 0.1) is 17.1 Å². The Morgan fingerprint density at radius 3 is 2.33 bits per heavy atom. The molecule has 1 aromatic heterocycles. The van der Waals surface area contributed by atoms with Crippen molar-refractivity contribution in [1.29, 1.82) is 0 Å². The lowest BCUT2D eigenvalue weighted by Crippen LogP contribution is -2.16. The molecular weight excluding hydrogens is 351 g/mol. The third-order valence-electron chi connectivity index (χ3n) is 4.51. The summed E-state index contributed by atoms with van der Waals surface area (Å²) >= 11 is 0. The molecule has 0 aliphatic rings. The molecule has 1 heterocycles. The summed E-state index contributed by atoms with van der Waals surface area (Å²) in [7, 11) is 0. The van der Waals surface area contributed by atoms with Crippen LogP contribution in [0.15, 0.2) is 72.8 Å². The Morgan fingerprint density at radius 2 is 1.63 bits per heavy atom. The predicted molar refractivity (Wildman–Crippen MR) is 96.1 cm³/mol. The standard InChI is InChI=1S/C21H15F3N3/c22-21(23,24)17-12-10-16(11-13-17)20(14-15-6-2-1-3-7-15)27-19-9-5-4-8-18(19)25-26-27/h2-13,20H,14H2. The van der Waals surface area contributed by atoms with Crippen LogP contribution in [0.2, 0.25) is 0 Å². The number of halogens is 3. The van der Waals surface area contributed by atoms with E-state index in [1.807, 2.05) is 48.5 Å². The van der Waals surface area contributed by atoms with Crippen molar-refractivity contribution < 1.29 is 13.2 Å². The van der Waals surface area contributed by atoms with E-state index in [4.69, 9.17) is 0 Å². The van der Waals surface area contributed by atoms with Crippen molar-refractivity contribution in [2.24, 2.45) is 0 Å². The predicted octanol–water partition coefficient (Wildman–Crippen LogP) is 5.08. The Balaban J connectivity index is 1.79. The van der Waals surface area contributed by atoms with Gasteiger partial charge in [-0.05, 0) is 47.9 Å². The Labute approximate surface area is 154 Å². The molecule has 0 amide bonds. The number of fused-ring (bicyclic) bond motifs is 1. The van der Waals surface area contributed by atoms with Crippen LogP contribution in [0, 0.1) is 6.07 Å². The third-order valence-corrected chi connectivity index (χ3v) is 4.51. The largest absolute Gasteiger partial charge is 0.416 e. The normalized spacial score (nSPS) is 13.0. The van der Waals surface area contributed by atoms with E-state index in [0.717, 1.165) is 34.3 Å². The summed E-state index contributed by atoms with van der Waals surface area (Å²) in [5, 5.41) is 8.47. The molecule has 0 saturated heterocycles. The number of hydrogen-bond donors (Lipinski definition) is 0. The Morgan fingerprint density at radius 1 is 0.926 bits per heavy atom. The van der Waals surface area contributed by atoms with Crippen molar-refractivity contribution in [2.45, 2.75) is 18.6 Å². The molecule has 0 spiro atoms. The first-order chi connectivity index (χ1) is 13.0. The van der Waals surface area contributed by atoms with Crippen molar-refractivity contribution in [2.75, 3.05) is 0 Å². The number of nitrogens with zero attached hydrogens (tertiary/aromatic N) is 3. The molecule has 1 radical (unpaired) electrons. The van der Waals surface area contributed by atoms with Gasteiger partial charge in [0.25, 0.3) is 0 Å². The molecular formula is C21H15F3N3. The smallest absolute Gasteiger partial charge is 0.237 e. The van der Waals surface area contributed by atoms with Crippen molar-refractivity contribution in [1.82, 2.24) is 15.0 Å². The summed E-state index contributed by atoms with van der Waals surface area (Å²) in [6, 6.07) is 23.0. The average Bonchev–Trinajstić information content (AvgIpc) is 3.10. The van der Waals surface area contributed by atoms with Gasteiger partial charge in [-0.25, -0.2) is 4.68 Å². The lowest BCUT2D eigenvalue weighted by atomic mass is 9.97.